The zero-order valence-corrected chi connectivity index (χ0v) is 13.5. The van der Waals surface area contributed by atoms with E-state index in [1.54, 1.807) is 11.0 Å². The lowest BCUT2D eigenvalue weighted by molar-refractivity contribution is -0.122. The van der Waals surface area contributed by atoms with Gasteiger partial charge in [0.25, 0.3) is 5.91 Å². The van der Waals surface area contributed by atoms with E-state index in [2.05, 4.69) is 6.58 Å². The number of thioether (sulfide) groups is 1. The first-order valence-electron chi connectivity index (χ1n) is 6.75. The Morgan fingerprint density at radius 3 is 3.00 bits per heavy atom. The zero-order valence-electron chi connectivity index (χ0n) is 11.9. The molecule has 1 aliphatic heterocycles. The number of rotatable bonds is 6. The van der Waals surface area contributed by atoms with Crippen molar-refractivity contribution >= 4 is 40.3 Å². The highest BCUT2D eigenvalue weighted by Crippen LogP contribution is 2.32. The van der Waals surface area contributed by atoms with Crippen LogP contribution in [0.25, 0.3) is 6.08 Å². The van der Waals surface area contributed by atoms with Gasteiger partial charge in [-0.1, -0.05) is 55.7 Å². The van der Waals surface area contributed by atoms with Crippen LogP contribution in [0.1, 0.15) is 18.9 Å². The third-order valence-corrected chi connectivity index (χ3v) is 4.22. The summed E-state index contributed by atoms with van der Waals surface area (Å²) in [6.07, 6.45) is 4.45. The zero-order chi connectivity index (χ0) is 15.2. The molecule has 0 spiro atoms. The number of thiocarbonyl (C=S) groups is 1. The maximum absolute atomic E-state index is 12.3. The lowest BCUT2D eigenvalue weighted by Crippen LogP contribution is -2.28. The smallest absolute Gasteiger partial charge is 0.266 e. The Labute approximate surface area is 134 Å². The first-order valence-corrected chi connectivity index (χ1v) is 7.97. The van der Waals surface area contributed by atoms with Crippen molar-refractivity contribution in [2.24, 2.45) is 0 Å². The molecule has 1 aromatic rings. The van der Waals surface area contributed by atoms with E-state index >= 15 is 0 Å². The van der Waals surface area contributed by atoms with Crippen LogP contribution in [-0.4, -0.2) is 28.3 Å². The second kappa shape index (κ2) is 7.43. The third kappa shape index (κ3) is 3.95. The number of ether oxygens (including phenoxy) is 1. The molecule has 0 unspecified atom stereocenters. The van der Waals surface area contributed by atoms with Gasteiger partial charge in [-0.3, -0.25) is 9.69 Å². The average Bonchev–Trinajstić information content (AvgIpc) is 2.73. The van der Waals surface area contributed by atoms with Crippen LogP contribution < -0.4 is 4.74 Å². The molecular formula is C16H17NO2S2. The number of benzene rings is 1. The summed E-state index contributed by atoms with van der Waals surface area (Å²) in [5, 5.41) is 0. The molecule has 1 amide bonds. The van der Waals surface area contributed by atoms with Crippen LogP contribution in [0.4, 0.5) is 0 Å². The van der Waals surface area contributed by atoms with Crippen LogP contribution in [0.2, 0.25) is 0 Å². The van der Waals surface area contributed by atoms with Crippen molar-refractivity contribution in [2.75, 3.05) is 13.2 Å². The van der Waals surface area contributed by atoms with Gasteiger partial charge < -0.3 is 4.74 Å². The minimum Gasteiger partial charge on any atom is -0.490 e. The molecule has 3 nitrogen and oxygen atoms in total. The average molecular weight is 319 g/mol. The summed E-state index contributed by atoms with van der Waals surface area (Å²) < 4.78 is 6.12. The maximum atomic E-state index is 12.3. The van der Waals surface area contributed by atoms with E-state index in [4.69, 9.17) is 17.0 Å². The highest BCUT2D eigenvalue weighted by Gasteiger charge is 2.31. The van der Waals surface area contributed by atoms with Crippen molar-refractivity contribution in [2.45, 2.75) is 13.3 Å². The fourth-order valence-electron chi connectivity index (χ4n) is 1.92. The SMILES string of the molecule is C=CCOc1cccc(C=C2SC(=S)N(CCC)C2=O)c1. The van der Waals surface area contributed by atoms with E-state index in [0.717, 1.165) is 17.7 Å². The van der Waals surface area contributed by atoms with Gasteiger partial charge in [0.2, 0.25) is 0 Å². The minimum atomic E-state index is -0.00994. The van der Waals surface area contributed by atoms with E-state index in [1.165, 1.54) is 11.8 Å². The van der Waals surface area contributed by atoms with Gasteiger partial charge in [0.1, 0.15) is 16.7 Å². The molecule has 110 valence electrons. The van der Waals surface area contributed by atoms with E-state index in [9.17, 15) is 4.79 Å². The van der Waals surface area contributed by atoms with Gasteiger partial charge >= 0.3 is 0 Å². The summed E-state index contributed by atoms with van der Waals surface area (Å²) in [6, 6.07) is 7.61. The third-order valence-electron chi connectivity index (χ3n) is 2.84. The molecule has 1 aliphatic rings. The molecule has 1 heterocycles. The molecule has 5 heteroatoms. The first kappa shape index (κ1) is 15.8. The Balaban J connectivity index is 2.18. The molecule has 2 rings (SSSR count). The number of nitrogens with zero attached hydrogens (tertiary/aromatic N) is 1. The molecule has 0 radical (unpaired) electrons. The first-order chi connectivity index (χ1) is 10.2. The van der Waals surface area contributed by atoms with Gasteiger partial charge in [0.05, 0.1) is 4.91 Å². The predicted molar refractivity (Wildman–Crippen MR) is 92.3 cm³/mol. The van der Waals surface area contributed by atoms with Crippen molar-refractivity contribution < 1.29 is 9.53 Å². The van der Waals surface area contributed by atoms with Crippen molar-refractivity contribution in [1.82, 2.24) is 4.90 Å². The molecule has 1 aromatic carbocycles. The quantitative estimate of drug-likeness (QED) is 0.452. The molecule has 21 heavy (non-hydrogen) atoms. The van der Waals surface area contributed by atoms with Crippen molar-refractivity contribution in [3.63, 3.8) is 0 Å². The summed E-state index contributed by atoms with van der Waals surface area (Å²) in [4.78, 5) is 14.6. The molecule has 0 N–H and O–H groups in total. The predicted octanol–water partition coefficient (Wildman–Crippen LogP) is 3.86. The van der Waals surface area contributed by atoms with Gasteiger partial charge in [-0.15, -0.1) is 0 Å². The van der Waals surface area contributed by atoms with E-state index in [-0.39, 0.29) is 5.91 Å². The minimum absolute atomic E-state index is 0.00994. The lowest BCUT2D eigenvalue weighted by Gasteiger charge is -2.11. The molecule has 0 aliphatic carbocycles. The van der Waals surface area contributed by atoms with E-state index in [1.807, 2.05) is 37.3 Å². The van der Waals surface area contributed by atoms with E-state index in [0.29, 0.717) is 22.4 Å². The summed E-state index contributed by atoms with van der Waals surface area (Å²) in [5.74, 6) is 0.747. The van der Waals surface area contributed by atoms with Crippen LogP contribution in [0.15, 0.2) is 41.8 Å². The van der Waals surface area contributed by atoms with Crippen molar-refractivity contribution in [1.29, 1.82) is 0 Å². The Morgan fingerprint density at radius 2 is 2.29 bits per heavy atom. The number of hydrogen-bond donors (Lipinski definition) is 0. The van der Waals surface area contributed by atoms with Crippen molar-refractivity contribution in [3.8, 4) is 5.75 Å². The molecule has 0 aromatic heterocycles. The molecule has 1 saturated heterocycles. The lowest BCUT2D eigenvalue weighted by atomic mass is 10.2. The summed E-state index contributed by atoms with van der Waals surface area (Å²) in [5.41, 5.74) is 0.925. The van der Waals surface area contributed by atoms with Crippen LogP contribution in [0.3, 0.4) is 0 Å². The number of carbonyl (C=O) groups excluding carboxylic acids is 1. The maximum Gasteiger partial charge on any atom is 0.266 e. The van der Waals surface area contributed by atoms with Crippen LogP contribution >= 0.6 is 24.0 Å². The van der Waals surface area contributed by atoms with Gasteiger partial charge in [-0.05, 0) is 30.2 Å². The van der Waals surface area contributed by atoms with Crippen LogP contribution in [-0.2, 0) is 4.79 Å². The fraction of sp³-hybridized carbons (Fsp3) is 0.250. The summed E-state index contributed by atoms with van der Waals surface area (Å²) in [6.45, 7) is 6.78. The Kier molecular flexibility index (Phi) is 5.59. The summed E-state index contributed by atoms with van der Waals surface area (Å²) in [7, 11) is 0. The van der Waals surface area contributed by atoms with Gasteiger partial charge in [0.15, 0.2) is 0 Å². The Bertz CT molecular complexity index is 596. The van der Waals surface area contributed by atoms with Crippen LogP contribution in [0, 0.1) is 0 Å². The highest BCUT2D eigenvalue weighted by molar-refractivity contribution is 8.26. The highest BCUT2D eigenvalue weighted by atomic mass is 32.2. The van der Waals surface area contributed by atoms with Gasteiger partial charge in [0, 0.05) is 6.54 Å². The standard InChI is InChI=1S/C16H17NO2S2/c1-3-8-17-15(18)14(21-16(17)20)11-12-6-5-7-13(10-12)19-9-4-2/h4-7,10-11H,2-3,8-9H2,1H3. The van der Waals surface area contributed by atoms with Crippen molar-refractivity contribution in [3.05, 3.63) is 47.4 Å². The molecule has 0 bridgehead atoms. The number of hydrogen-bond acceptors (Lipinski definition) is 4. The molecule has 0 saturated carbocycles. The fourth-order valence-corrected chi connectivity index (χ4v) is 3.23. The second-order valence-corrected chi connectivity index (χ2v) is 6.18. The normalized spacial score (nSPS) is 16.6. The Morgan fingerprint density at radius 1 is 1.48 bits per heavy atom. The molecule has 1 fully saturated rings. The molecule has 0 atom stereocenters. The second-order valence-electron chi connectivity index (χ2n) is 4.51. The summed E-state index contributed by atoms with van der Waals surface area (Å²) >= 11 is 6.60. The largest absolute Gasteiger partial charge is 0.490 e. The molecular weight excluding hydrogens is 302 g/mol. The van der Waals surface area contributed by atoms with E-state index < -0.39 is 0 Å². The monoisotopic (exact) mass is 319 g/mol. The number of amides is 1. The van der Waals surface area contributed by atoms with Gasteiger partial charge in [-0.2, -0.15) is 0 Å². The van der Waals surface area contributed by atoms with Gasteiger partial charge in [-0.25, -0.2) is 0 Å². The van der Waals surface area contributed by atoms with Crippen LogP contribution in [0.5, 0.6) is 5.75 Å². The Hall–Kier alpha value is -1.59. The number of carbonyl (C=O) groups is 1. The topological polar surface area (TPSA) is 29.5 Å².